The number of hydrogen-bond acceptors (Lipinski definition) is 4. The van der Waals surface area contributed by atoms with Gasteiger partial charge in [0.1, 0.15) is 22.9 Å². The van der Waals surface area contributed by atoms with Crippen molar-refractivity contribution in [3.8, 4) is 22.7 Å². The van der Waals surface area contributed by atoms with Crippen LogP contribution in [0.2, 0.25) is 0 Å². The van der Waals surface area contributed by atoms with Gasteiger partial charge in [0.05, 0.1) is 7.11 Å². The quantitative estimate of drug-likeness (QED) is 0.695. The highest BCUT2D eigenvalue weighted by atomic mass is 19.1. The molecule has 2 aromatic carbocycles. The van der Waals surface area contributed by atoms with Crippen LogP contribution in [0.3, 0.4) is 0 Å². The molecule has 0 amide bonds. The number of rotatable bonds is 4. The van der Waals surface area contributed by atoms with Gasteiger partial charge in [0.25, 0.3) is 0 Å². The second-order valence-electron chi connectivity index (χ2n) is 4.54. The highest BCUT2D eigenvalue weighted by molar-refractivity contribution is 5.84. The molecule has 0 spiro atoms. The molecular formula is C16H12FN3O2. The number of benzene rings is 2. The summed E-state index contributed by atoms with van der Waals surface area (Å²) in [6, 6.07) is 13.3. The molecule has 0 radical (unpaired) electrons. The first-order valence-corrected chi connectivity index (χ1v) is 6.55. The molecule has 0 bridgehead atoms. The van der Waals surface area contributed by atoms with Crippen LogP contribution in [0.5, 0.6) is 5.75 Å². The van der Waals surface area contributed by atoms with Crippen LogP contribution in [0.1, 0.15) is 10.5 Å². The maximum Gasteiger partial charge on any atom is 0.172 e. The van der Waals surface area contributed by atoms with Gasteiger partial charge in [-0.05, 0) is 24.3 Å². The number of nitrogens with zero attached hydrogens (tertiary/aromatic N) is 3. The summed E-state index contributed by atoms with van der Waals surface area (Å²) >= 11 is 0. The van der Waals surface area contributed by atoms with E-state index in [9.17, 15) is 9.18 Å². The average Bonchev–Trinajstić information content (AvgIpc) is 2.99. The van der Waals surface area contributed by atoms with Crippen LogP contribution in [0.4, 0.5) is 4.39 Å². The van der Waals surface area contributed by atoms with Crippen molar-refractivity contribution < 1.29 is 13.9 Å². The van der Waals surface area contributed by atoms with Crippen molar-refractivity contribution in [3.63, 3.8) is 0 Å². The number of para-hydroxylation sites is 1. The van der Waals surface area contributed by atoms with Gasteiger partial charge in [-0.25, -0.2) is 9.07 Å². The van der Waals surface area contributed by atoms with Gasteiger partial charge < -0.3 is 4.74 Å². The van der Waals surface area contributed by atoms with Crippen LogP contribution in [0, 0.1) is 5.82 Å². The molecule has 0 saturated heterocycles. The number of halogens is 1. The molecule has 3 aromatic rings. The summed E-state index contributed by atoms with van der Waals surface area (Å²) in [5.41, 5.74) is 1.44. The van der Waals surface area contributed by atoms with Crippen molar-refractivity contribution in [3.05, 3.63) is 60.0 Å². The van der Waals surface area contributed by atoms with Crippen molar-refractivity contribution >= 4 is 6.29 Å². The number of methoxy groups -OCH3 is 1. The largest absolute Gasteiger partial charge is 0.497 e. The van der Waals surface area contributed by atoms with E-state index < -0.39 is 5.82 Å². The van der Waals surface area contributed by atoms with Crippen molar-refractivity contribution in [1.29, 1.82) is 0 Å². The SMILES string of the molecule is COc1cccc(-c2c(C=O)nnn2-c2ccccc2F)c1. The molecule has 0 N–H and O–H groups in total. The lowest BCUT2D eigenvalue weighted by atomic mass is 10.1. The minimum Gasteiger partial charge on any atom is -0.497 e. The fraction of sp³-hybridized carbons (Fsp3) is 0.0625. The minimum atomic E-state index is -0.450. The van der Waals surface area contributed by atoms with Gasteiger partial charge in [-0.2, -0.15) is 0 Å². The summed E-state index contributed by atoms with van der Waals surface area (Å²) in [5.74, 6) is 0.171. The summed E-state index contributed by atoms with van der Waals surface area (Å²) in [5, 5.41) is 7.73. The van der Waals surface area contributed by atoms with E-state index in [1.54, 1.807) is 49.6 Å². The number of carbonyl (C=O) groups excluding carboxylic acids is 1. The monoisotopic (exact) mass is 297 g/mol. The molecule has 0 aliphatic rings. The molecule has 1 heterocycles. The Balaban J connectivity index is 2.24. The molecule has 6 heteroatoms. The van der Waals surface area contributed by atoms with E-state index in [0.717, 1.165) is 0 Å². The average molecular weight is 297 g/mol. The predicted octanol–water partition coefficient (Wildman–Crippen LogP) is 2.89. The third-order valence-electron chi connectivity index (χ3n) is 3.23. The van der Waals surface area contributed by atoms with Crippen molar-refractivity contribution in [1.82, 2.24) is 15.0 Å². The lowest BCUT2D eigenvalue weighted by Gasteiger charge is -2.09. The number of aldehydes is 1. The van der Waals surface area contributed by atoms with Gasteiger partial charge >= 0.3 is 0 Å². The number of aromatic nitrogens is 3. The molecular weight excluding hydrogens is 285 g/mol. The predicted molar refractivity (Wildman–Crippen MR) is 78.7 cm³/mol. The van der Waals surface area contributed by atoms with Gasteiger partial charge in [0.15, 0.2) is 12.0 Å². The van der Waals surface area contributed by atoms with Gasteiger partial charge in [-0.1, -0.05) is 29.5 Å². The fourth-order valence-electron chi connectivity index (χ4n) is 2.21. The number of hydrogen-bond donors (Lipinski definition) is 0. The molecule has 22 heavy (non-hydrogen) atoms. The Morgan fingerprint density at radius 1 is 1.18 bits per heavy atom. The van der Waals surface area contributed by atoms with Crippen LogP contribution in [-0.4, -0.2) is 28.4 Å². The van der Waals surface area contributed by atoms with E-state index in [1.165, 1.54) is 10.7 Å². The molecule has 3 rings (SSSR count). The van der Waals surface area contributed by atoms with E-state index in [-0.39, 0.29) is 11.4 Å². The van der Waals surface area contributed by atoms with Crippen molar-refractivity contribution in [2.75, 3.05) is 7.11 Å². The first kappa shape index (κ1) is 13.9. The molecule has 1 aromatic heterocycles. The molecule has 0 unspecified atom stereocenters. The Morgan fingerprint density at radius 3 is 2.73 bits per heavy atom. The van der Waals surface area contributed by atoms with Crippen LogP contribution in [0.25, 0.3) is 16.9 Å². The lowest BCUT2D eigenvalue weighted by Crippen LogP contribution is -2.02. The maximum atomic E-state index is 14.0. The summed E-state index contributed by atoms with van der Waals surface area (Å²) in [4.78, 5) is 11.2. The fourth-order valence-corrected chi connectivity index (χ4v) is 2.21. The van der Waals surface area contributed by atoms with Crippen molar-refractivity contribution in [2.45, 2.75) is 0 Å². The van der Waals surface area contributed by atoms with E-state index in [4.69, 9.17) is 4.74 Å². The summed E-state index contributed by atoms with van der Waals surface area (Å²) in [7, 11) is 1.55. The van der Waals surface area contributed by atoms with E-state index in [0.29, 0.717) is 23.3 Å². The third kappa shape index (κ3) is 2.35. The second kappa shape index (κ2) is 5.77. The molecule has 0 fully saturated rings. The van der Waals surface area contributed by atoms with E-state index >= 15 is 0 Å². The second-order valence-corrected chi connectivity index (χ2v) is 4.54. The Hall–Kier alpha value is -3.02. The Labute approximate surface area is 126 Å². The Bertz CT molecular complexity index is 830. The zero-order valence-electron chi connectivity index (χ0n) is 11.7. The molecule has 0 atom stereocenters. The molecule has 110 valence electrons. The van der Waals surface area contributed by atoms with Crippen LogP contribution < -0.4 is 4.74 Å². The first-order valence-electron chi connectivity index (χ1n) is 6.55. The lowest BCUT2D eigenvalue weighted by molar-refractivity contribution is 0.111. The standard InChI is InChI=1S/C16H12FN3O2/c1-22-12-6-4-5-11(9-12)16-14(10-21)18-19-20(16)15-8-3-2-7-13(15)17/h2-10H,1H3. The molecule has 0 aliphatic carbocycles. The minimum absolute atomic E-state index is 0.136. The number of carbonyl (C=O) groups is 1. The Morgan fingerprint density at radius 2 is 2.00 bits per heavy atom. The third-order valence-corrected chi connectivity index (χ3v) is 3.23. The van der Waals surface area contributed by atoms with Crippen molar-refractivity contribution in [2.24, 2.45) is 0 Å². The van der Waals surface area contributed by atoms with Gasteiger partial charge in [0.2, 0.25) is 0 Å². The highest BCUT2D eigenvalue weighted by Gasteiger charge is 2.18. The normalized spacial score (nSPS) is 10.5. The van der Waals surface area contributed by atoms with E-state index in [1.807, 2.05) is 0 Å². The molecule has 5 nitrogen and oxygen atoms in total. The highest BCUT2D eigenvalue weighted by Crippen LogP contribution is 2.28. The topological polar surface area (TPSA) is 57.0 Å². The molecule has 0 aliphatic heterocycles. The molecule has 0 saturated carbocycles. The van der Waals surface area contributed by atoms with Crippen LogP contribution >= 0.6 is 0 Å². The summed E-state index contributed by atoms with van der Waals surface area (Å²) in [6.07, 6.45) is 0.596. The smallest absolute Gasteiger partial charge is 0.172 e. The van der Waals surface area contributed by atoms with Crippen LogP contribution in [0.15, 0.2) is 48.5 Å². The van der Waals surface area contributed by atoms with Gasteiger partial charge in [0, 0.05) is 5.56 Å². The maximum absolute atomic E-state index is 14.0. The zero-order valence-corrected chi connectivity index (χ0v) is 11.7. The first-order chi connectivity index (χ1) is 10.7. The number of ether oxygens (including phenoxy) is 1. The van der Waals surface area contributed by atoms with Gasteiger partial charge in [-0.15, -0.1) is 5.10 Å². The zero-order chi connectivity index (χ0) is 15.5. The van der Waals surface area contributed by atoms with E-state index in [2.05, 4.69) is 10.3 Å². The van der Waals surface area contributed by atoms with Gasteiger partial charge in [-0.3, -0.25) is 4.79 Å². The summed E-state index contributed by atoms with van der Waals surface area (Å²) < 4.78 is 20.5. The Kier molecular flexibility index (Phi) is 3.65. The summed E-state index contributed by atoms with van der Waals surface area (Å²) in [6.45, 7) is 0. The van der Waals surface area contributed by atoms with Crippen LogP contribution in [-0.2, 0) is 0 Å².